The van der Waals surface area contributed by atoms with Gasteiger partial charge in [0, 0.05) is 21.5 Å². The van der Waals surface area contributed by atoms with Gasteiger partial charge in [0.25, 0.3) is 0 Å². The van der Waals surface area contributed by atoms with Gasteiger partial charge < -0.3 is 0 Å². The average molecular weight is 1150 g/mol. The van der Waals surface area contributed by atoms with Crippen molar-refractivity contribution < 1.29 is 64.2 Å². The van der Waals surface area contributed by atoms with Gasteiger partial charge in [-0.15, -0.1) is 0 Å². The van der Waals surface area contributed by atoms with Crippen LogP contribution in [0.1, 0.15) is 313 Å². The smallest absolute Gasteiger partial charge is 0.251 e. The van der Waals surface area contributed by atoms with Crippen molar-refractivity contribution in [3.05, 3.63) is 0 Å². The van der Waals surface area contributed by atoms with Crippen LogP contribution in [-0.4, -0.2) is 43.5 Å². The first kappa shape index (κ1) is 97.2. The van der Waals surface area contributed by atoms with Gasteiger partial charge in [-0.25, -0.2) is 30.7 Å². The van der Waals surface area contributed by atoms with Crippen molar-refractivity contribution in [1.29, 1.82) is 0 Å². The third-order valence-corrected chi connectivity index (χ3v) is 10.6. The zero-order chi connectivity index (χ0) is 66.1. The molecule has 0 aromatic carbocycles. The molecule has 0 nitrogen and oxygen atoms in total. The van der Waals surface area contributed by atoms with Gasteiger partial charge in [0.2, 0.25) is 18.3 Å². The highest BCUT2D eigenvalue weighted by atomic mass is 19.4. The van der Waals surface area contributed by atoms with E-state index in [0.717, 1.165) is 64.2 Å². The molecule has 0 heterocycles. The molecule has 0 rings (SSSR count). The van der Waals surface area contributed by atoms with E-state index in [0.29, 0.717) is 31.1 Å². The van der Waals surface area contributed by atoms with Crippen LogP contribution in [0.2, 0.25) is 0 Å². The molecule has 0 radical (unpaired) electrons. The summed E-state index contributed by atoms with van der Waals surface area (Å²) in [5, 5.41) is 0. The van der Waals surface area contributed by atoms with E-state index in [1.807, 2.05) is 20.8 Å². The Labute approximate surface area is 469 Å². The van der Waals surface area contributed by atoms with Crippen LogP contribution in [0, 0.1) is 52.8 Å². The summed E-state index contributed by atoms with van der Waals surface area (Å²) in [7, 11) is 0. The summed E-state index contributed by atoms with van der Waals surface area (Å²) in [6.45, 7) is 56.0. The van der Waals surface area contributed by atoms with E-state index in [1.165, 1.54) is 52.4 Å². The van der Waals surface area contributed by atoms with Gasteiger partial charge in [0.1, 0.15) is 0 Å². The molecule has 0 saturated carbocycles. The Balaban J connectivity index is -0.0000000613. The van der Waals surface area contributed by atoms with Gasteiger partial charge in [-0.2, -0.15) is 26.3 Å². The summed E-state index contributed by atoms with van der Waals surface area (Å²) in [6.07, 6.45) is -0.960. The van der Waals surface area contributed by atoms with Gasteiger partial charge in [-0.05, 0) is 81.4 Å². The molecule has 0 N–H and O–H groups in total. The molecule has 0 aliphatic heterocycles. The summed E-state index contributed by atoms with van der Waals surface area (Å²) >= 11 is 0. The molecule has 0 saturated heterocycles. The predicted molar refractivity (Wildman–Crippen MR) is 313 cm³/mol. The minimum Gasteiger partial charge on any atom is -0.251 e. The van der Waals surface area contributed by atoms with Gasteiger partial charge in [0.15, 0.2) is 0 Å². The van der Waals surface area contributed by atoms with E-state index in [4.69, 9.17) is 2.74 Å². The topological polar surface area (TPSA) is 0 Å². The first-order chi connectivity index (χ1) is 34.7. The number of hydrogen-bond acceptors (Lipinski definition) is 0. The average Bonchev–Trinajstić information content (AvgIpc) is 3.28. The minimum atomic E-state index is -4.43. The highest BCUT2D eigenvalue weighted by Crippen LogP contribution is 2.28. The minimum absolute atomic E-state index is 0.00694. The first-order valence-corrected chi connectivity index (χ1v) is 29.0. The molecule has 76 heavy (non-hydrogen) atoms. The lowest BCUT2D eigenvalue weighted by Gasteiger charge is -2.12. The highest BCUT2D eigenvalue weighted by Gasteiger charge is 2.34. The second-order valence-electron chi connectivity index (χ2n) is 22.5. The molecular formula is C62H134F14. The quantitative estimate of drug-likeness (QED) is 0.127. The summed E-state index contributed by atoms with van der Waals surface area (Å²) in [5.74, 6) is -4.56. The SMILES string of the molecule is CCC(C)(C)C.CCC(C)C.CCC(C)C.CCC(C)C.CCC(C)C(F)(F)F.CCC(C)C(F)F.CCC(C)CF.CCCC(C)(F)F.CCCC(C)(F)F.CCCC(C)C.CCCC(C)F.[2H]C([2H])(C)C(C)C(F)(F)F. The summed E-state index contributed by atoms with van der Waals surface area (Å²) in [6, 6.07) is 0. The Morgan fingerprint density at radius 1 is 0.382 bits per heavy atom. The van der Waals surface area contributed by atoms with E-state index in [1.54, 1.807) is 34.6 Å². The van der Waals surface area contributed by atoms with E-state index < -0.39 is 60.9 Å². The van der Waals surface area contributed by atoms with Gasteiger partial charge >= 0.3 is 12.4 Å². The number of rotatable bonds is 17. The van der Waals surface area contributed by atoms with Crippen molar-refractivity contribution in [1.82, 2.24) is 0 Å². The van der Waals surface area contributed by atoms with Crippen molar-refractivity contribution in [2.24, 2.45) is 52.8 Å². The standard InChI is InChI=1S/2C6H14.2C5H9F3.3C5H10F2.2C5H11F.3C5H12/c1-5-6(2,3)4;1-4-5-6(2)3;2*1-3-4(2)5(6,7)8;2*1-3-4-5(2,6)7;1-3-4(2)5(6)7;1-3-5(2)4-6;1-3-4-5(2)6;3*1-4-5(2)3/h5H2,1-4H3;6H,4-5H2,1-3H3;2*4H,3H2,1-2H3;2*3-4H2,1-2H3;4-5H,3H2,1-2H3;2*5H,3-4H2,1-2H3;3*5H,4H2,1-3H3/i;;3D2;;;;;;;;;. The lowest BCUT2D eigenvalue weighted by Crippen LogP contribution is -2.18. The van der Waals surface area contributed by atoms with Crippen LogP contribution in [0.15, 0.2) is 0 Å². The molecular weight excluding hydrogens is 1010 g/mol. The van der Waals surface area contributed by atoms with E-state index >= 15 is 0 Å². The second-order valence-corrected chi connectivity index (χ2v) is 22.5. The summed E-state index contributed by atoms with van der Waals surface area (Å²) < 4.78 is 176. The van der Waals surface area contributed by atoms with Crippen molar-refractivity contribution in [2.75, 3.05) is 6.67 Å². The number of alkyl halides is 14. The molecule has 0 aromatic heterocycles. The zero-order valence-electron chi connectivity index (χ0n) is 57.4. The van der Waals surface area contributed by atoms with E-state index in [-0.39, 0.29) is 31.9 Å². The molecule has 5 unspecified atom stereocenters. The first-order valence-electron chi connectivity index (χ1n) is 30.0. The molecule has 480 valence electrons. The number of halogens is 14. The third-order valence-electron chi connectivity index (χ3n) is 10.6. The monoisotopic (exact) mass is 1150 g/mol. The number of hydrogen-bond donors (Lipinski definition) is 0. The lowest BCUT2D eigenvalue weighted by atomic mass is 9.94. The van der Waals surface area contributed by atoms with Gasteiger partial charge in [-0.1, -0.05) is 251 Å². The van der Waals surface area contributed by atoms with Crippen LogP contribution >= 0.6 is 0 Å². The molecule has 0 amide bonds. The molecule has 14 heteroatoms. The van der Waals surface area contributed by atoms with E-state index in [2.05, 4.69) is 111 Å². The van der Waals surface area contributed by atoms with Crippen LogP contribution < -0.4 is 0 Å². The van der Waals surface area contributed by atoms with Crippen LogP contribution in [-0.2, 0) is 0 Å². The highest BCUT2D eigenvalue weighted by molar-refractivity contribution is 4.59. The maximum atomic E-state index is 11.7. The normalized spacial score (nSPS) is 13.5. The Kier molecular flexibility index (Phi) is 87.4. The maximum absolute atomic E-state index is 11.7. The van der Waals surface area contributed by atoms with Crippen molar-refractivity contribution in [2.45, 2.75) is 347 Å². The van der Waals surface area contributed by atoms with Crippen LogP contribution in [0.3, 0.4) is 0 Å². The maximum Gasteiger partial charge on any atom is 0.391 e. The Morgan fingerprint density at radius 3 is 0.658 bits per heavy atom. The zero-order valence-corrected chi connectivity index (χ0v) is 55.4. The largest absolute Gasteiger partial charge is 0.391 e. The second kappa shape index (κ2) is 68.3. The predicted octanol–water partition coefficient (Wildman–Crippen LogP) is 27.6. The lowest BCUT2D eigenvalue weighted by molar-refractivity contribution is -0.170. The summed E-state index contributed by atoms with van der Waals surface area (Å²) in [4.78, 5) is 0. The van der Waals surface area contributed by atoms with Gasteiger partial charge in [0.05, 0.1) is 24.7 Å². The molecule has 0 aliphatic carbocycles. The van der Waals surface area contributed by atoms with Crippen LogP contribution in [0.25, 0.3) is 0 Å². The van der Waals surface area contributed by atoms with Crippen molar-refractivity contribution in [3.63, 3.8) is 0 Å². The van der Waals surface area contributed by atoms with Gasteiger partial charge in [-0.3, -0.25) is 4.39 Å². The fourth-order valence-corrected chi connectivity index (χ4v) is 2.54. The van der Waals surface area contributed by atoms with E-state index in [9.17, 15) is 61.5 Å². The Morgan fingerprint density at radius 2 is 0.658 bits per heavy atom. The molecule has 5 atom stereocenters. The van der Waals surface area contributed by atoms with Crippen LogP contribution in [0.4, 0.5) is 61.5 Å². The third kappa shape index (κ3) is 164. The van der Waals surface area contributed by atoms with Crippen molar-refractivity contribution >= 4 is 0 Å². The molecule has 0 spiro atoms. The Bertz CT molecular complexity index is 976. The Hall–Kier alpha value is -0.980. The molecule has 0 fully saturated rings. The molecule has 0 aromatic rings. The molecule has 0 bridgehead atoms. The van der Waals surface area contributed by atoms with Crippen LogP contribution in [0.5, 0.6) is 0 Å². The summed E-state index contributed by atoms with van der Waals surface area (Å²) in [5.41, 5.74) is 0.542. The van der Waals surface area contributed by atoms with Crippen molar-refractivity contribution in [3.8, 4) is 0 Å². The fourth-order valence-electron chi connectivity index (χ4n) is 2.54. The molecule has 0 aliphatic rings. The fraction of sp³-hybridized carbons (Fsp3) is 1.00.